The van der Waals surface area contributed by atoms with E-state index in [9.17, 15) is 22.4 Å². The van der Waals surface area contributed by atoms with Crippen molar-refractivity contribution in [3.05, 3.63) is 17.4 Å². The molecule has 1 amide bonds. The molecular weight excluding hydrogens is 406 g/mol. The number of pyridine rings is 1. The molecule has 4 rings (SSSR count). The van der Waals surface area contributed by atoms with Crippen LogP contribution < -0.4 is 20.1 Å². The zero-order valence-electron chi connectivity index (χ0n) is 16.6. The fourth-order valence-corrected chi connectivity index (χ4v) is 4.38. The molecule has 6 nitrogen and oxygen atoms in total. The first-order valence-corrected chi connectivity index (χ1v) is 10.2. The van der Waals surface area contributed by atoms with E-state index in [2.05, 4.69) is 15.6 Å². The van der Waals surface area contributed by atoms with Crippen LogP contribution in [-0.2, 0) is 11.3 Å². The molecule has 0 bridgehead atoms. The van der Waals surface area contributed by atoms with Crippen LogP contribution in [0.5, 0.6) is 11.8 Å². The molecule has 0 radical (unpaired) electrons. The Labute approximate surface area is 171 Å². The molecule has 1 aromatic rings. The number of methoxy groups -OCH3 is 1. The van der Waals surface area contributed by atoms with Crippen LogP contribution in [0.25, 0.3) is 0 Å². The monoisotopic (exact) mass is 431 g/mol. The highest BCUT2D eigenvalue weighted by Crippen LogP contribution is 2.41. The Morgan fingerprint density at radius 2 is 1.97 bits per heavy atom. The highest BCUT2D eigenvalue weighted by Gasteiger charge is 2.47. The maximum atomic E-state index is 14.5. The number of halogens is 4. The summed E-state index contributed by atoms with van der Waals surface area (Å²) in [6.45, 7) is 0.0520. The van der Waals surface area contributed by atoms with Crippen LogP contribution in [-0.4, -0.2) is 42.4 Å². The minimum absolute atomic E-state index is 0.0477. The van der Waals surface area contributed by atoms with Crippen molar-refractivity contribution in [1.82, 2.24) is 15.6 Å². The molecule has 166 valence electrons. The number of piperidine rings is 1. The van der Waals surface area contributed by atoms with E-state index in [0.717, 1.165) is 12.8 Å². The maximum absolute atomic E-state index is 14.5. The lowest BCUT2D eigenvalue weighted by Crippen LogP contribution is -2.41. The summed E-state index contributed by atoms with van der Waals surface area (Å²) in [4.78, 5) is 16.3. The fraction of sp³-hybridized carbons (Fsp3) is 0.700. The van der Waals surface area contributed by atoms with Gasteiger partial charge in [-0.2, -0.15) is 18.2 Å². The topological polar surface area (TPSA) is 72.5 Å². The van der Waals surface area contributed by atoms with E-state index in [0.29, 0.717) is 17.5 Å². The summed E-state index contributed by atoms with van der Waals surface area (Å²) in [6, 6.07) is 1.39. The SMILES string of the molecule is COc1nc(OC2CCC(C(F)(F)F)CC2)c(F)cc1CNC(=O)C1C[C@H]2CC2N1. The first-order valence-electron chi connectivity index (χ1n) is 10.2. The van der Waals surface area contributed by atoms with Crippen molar-refractivity contribution in [2.75, 3.05) is 7.11 Å². The minimum atomic E-state index is -4.21. The Morgan fingerprint density at radius 3 is 2.57 bits per heavy atom. The maximum Gasteiger partial charge on any atom is 0.391 e. The zero-order chi connectivity index (χ0) is 21.5. The summed E-state index contributed by atoms with van der Waals surface area (Å²) < 4.78 is 63.6. The molecule has 1 aliphatic heterocycles. The molecule has 3 fully saturated rings. The molecule has 2 unspecified atom stereocenters. The first kappa shape index (κ1) is 21.1. The third kappa shape index (κ3) is 4.63. The molecule has 2 aliphatic carbocycles. The second kappa shape index (κ2) is 8.20. The number of aromatic nitrogens is 1. The normalized spacial score (nSPS) is 30.5. The molecule has 1 aromatic heterocycles. The summed E-state index contributed by atoms with van der Waals surface area (Å²) in [5.41, 5.74) is 0.361. The predicted octanol–water partition coefficient (Wildman–Crippen LogP) is 3.10. The van der Waals surface area contributed by atoms with Gasteiger partial charge >= 0.3 is 6.18 Å². The van der Waals surface area contributed by atoms with Crippen molar-refractivity contribution in [2.24, 2.45) is 11.8 Å². The lowest BCUT2D eigenvalue weighted by atomic mass is 9.87. The third-order valence-corrected chi connectivity index (χ3v) is 6.24. The van der Waals surface area contributed by atoms with Crippen molar-refractivity contribution in [3.63, 3.8) is 0 Å². The van der Waals surface area contributed by atoms with E-state index < -0.39 is 24.0 Å². The van der Waals surface area contributed by atoms with Crippen LogP contribution in [0.1, 0.15) is 44.1 Å². The largest absolute Gasteiger partial charge is 0.481 e. The van der Waals surface area contributed by atoms with Gasteiger partial charge in [0, 0.05) is 18.2 Å². The van der Waals surface area contributed by atoms with Crippen molar-refractivity contribution < 1.29 is 31.8 Å². The van der Waals surface area contributed by atoms with Gasteiger partial charge in [-0.3, -0.25) is 4.79 Å². The van der Waals surface area contributed by atoms with Crippen LogP contribution in [0.15, 0.2) is 6.07 Å². The van der Waals surface area contributed by atoms with E-state index in [-0.39, 0.29) is 55.9 Å². The van der Waals surface area contributed by atoms with Crippen molar-refractivity contribution in [2.45, 2.75) is 69.4 Å². The van der Waals surface area contributed by atoms with Crippen LogP contribution in [0.2, 0.25) is 0 Å². The number of fused-ring (bicyclic) bond motifs is 1. The van der Waals surface area contributed by atoms with Crippen LogP contribution in [0.4, 0.5) is 17.6 Å². The van der Waals surface area contributed by atoms with Gasteiger partial charge in [-0.25, -0.2) is 4.39 Å². The van der Waals surface area contributed by atoms with E-state index >= 15 is 0 Å². The molecule has 2 heterocycles. The van der Waals surface area contributed by atoms with E-state index in [1.807, 2.05) is 0 Å². The number of carbonyl (C=O) groups is 1. The van der Waals surface area contributed by atoms with Crippen molar-refractivity contribution >= 4 is 5.91 Å². The predicted molar refractivity (Wildman–Crippen MR) is 98.5 cm³/mol. The molecule has 2 saturated carbocycles. The van der Waals surface area contributed by atoms with Crippen LogP contribution >= 0.6 is 0 Å². The molecule has 0 aromatic carbocycles. The Balaban J connectivity index is 1.34. The molecule has 0 spiro atoms. The highest BCUT2D eigenvalue weighted by atomic mass is 19.4. The lowest BCUT2D eigenvalue weighted by Gasteiger charge is -2.30. The van der Waals surface area contributed by atoms with Crippen molar-refractivity contribution in [3.8, 4) is 11.8 Å². The summed E-state index contributed by atoms with van der Waals surface area (Å²) in [6.07, 6.45) is -2.54. The third-order valence-electron chi connectivity index (χ3n) is 6.24. The van der Waals surface area contributed by atoms with Crippen molar-refractivity contribution in [1.29, 1.82) is 0 Å². The van der Waals surface area contributed by atoms with Gasteiger partial charge in [0.1, 0.15) is 6.10 Å². The molecule has 3 atom stereocenters. The molecule has 30 heavy (non-hydrogen) atoms. The Hall–Kier alpha value is -2.10. The molecule has 10 heteroatoms. The second-order valence-electron chi connectivity index (χ2n) is 8.35. The van der Waals surface area contributed by atoms with E-state index in [1.54, 1.807) is 0 Å². The number of rotatable bonds is 6. The number of hydrogen-bond acceptors (Lipinski definition) is 5. The number of nitrogens with zero attached hydrogens (tertiary/aromatic N) is 1. The van der Waals surface area contributed by atoms with E-state index in [4.69, 9.17) is 9.47 Å². The number of alkyl halides is 3. The smallest absolute Gasteiger partial charge is 0.391 e. The molecular formula is C20H25F4N3O3. The van der Waals surface area contributed by atoms with Gasteiger partial charge in [-0.1, -0.05) is 0 Å². The number of amides is 1. The van der Waals surface area contributed by atoms with Gasteiger partial charge < -0.3 is 20.1 Å². The Morgan fingerprint density at radius 1 is 1.23 bits per heavy atom. The Kier molecular flexibility index (Phi) is 5.78. The molecule has 3 aliphatic rings. The summed E-state index contributed by atoms with van der Waals surface area (Å²) in [5.74, 6) is -1.83. The average molecular weight is 431 g/mol. The highest BCUT2D eigenvalue weighted by molar-refractivity contribution is 5.82. The molecule has 1 saturated heterocycles. The second-order valence-corrected chi connectivity index (χ2v) is 8.35. The van der Waals surface area contributed by atoms with E-state index in [1.165, 1.54) is 13.2 Å². The van der Waals surface area contributed by atoms with Gasteiger partial charge in [-0.05, 0) is 50.5 Å². The zero-order valence-corrected chi connectivity index (χ0v) is 16.6. The van der Waals surface area contributed by atoms with Crippen LogP contribution in [0.3, 0.4) is 0 Å². The summed E-state index contributed by atoms with van der Waals surface area (Å²) in [7, 11) is 1.37. The molecule has 2 N–H and O–H groups in total. The quantitative estimate of drug-likeness (QED) is 0.678. The Bertz CT molecular complexity index is 786. The number of hydrogen-bond donors (Lipinski definition) is 2. The summed E-state index contributed by atoms with van der Waals surface area (Å²) in [5, 5.41) is 6.02. The summed E-state index contributed by atoms with van der Waals surface area (Å²) >= 11 is 0. The van der Waals surface area contributed by atoms with Gasteiger partial charge in [0.05, 0.1) is 19.1 Å². The van der Waals surface area contributed by atoms with Gasteiger partial charge in [0.2, 0.25) is 11.8 Å². The fourth-order valence-electron chi connectivity index (χ4n) is 4.38. The lowest BCUT2D eigenvalue weighted by molar-refractivity contribution is -0.185. The number of nitrogens with one attached hydrogen (secondary N) is 2. The van der Waals surface area contributed by atoms with Gasteiger partial charge in [0.15, 0.2) is 5.82 Å². The minimum Gasteiger partial charge on any atom is -0.481 e. The first-order chi connectivity index (χ1) is 14.2. The standard InChI is InChI=1S/C20H25F4N3O3/c1-29-18-11(9-25-17(28)16-8-10-7-15(10)26-16)6-14(21)19(27-18)30-13-4-2-12(3-5-13)20(22,23)24/h6,10,12-13,15-16,26H,2-5,7-9H2,1H3,(H,25,28)/t10-,12?,13?,15?,16?/m1/s1. The number of carbonyl (C=O) groups excluding carboxylic acids is 1. The average Bonchev–Trinajstić information content (AvgIpc) is 3.32. The number of ether oxygens (including phenoxy) is 2. The van der Waals surface area contributed by atoms with Gasteiger partial charge in [0.25, 0.3) is 5.88 Å². The van der Waals surface area contributed by atoms with Gasteiger partial charge in [-0.15, -0.1) is 0 Å². The van der Waals surface area contributed by atoms with Crippen LogP contribution in [0, 0.1) is 17.7 Å².